The third kappa shape index (κ3) is 6.76. The lowest BCUT2D eigenvalue weighted by Crippen LogP contribution is -2.50. The summed E-state index contributed by atoms with van der Waals surface area (Å²) in [6, 6.07) is 22.8. The molecule has 4 aliphatic rings. The zero-order valence-corrected chi connectivity index (χ0v) is 30.1. The fourth-order valence-corrected chi connectivity index (χ4v) is 8.45. The van der Waals surface area contributed by atoms with Gasteiger partial charge in [-0.1, -0.05) is 72.6 Å². The van der Waals surface area contributed by atoms with Gasteiger partial charge in [0.1, 0.15) is 24.2 Å². The molecule has 3 aromatic carbocycles. The third-order valence-corrected chi connectivity index (χ3v) is 11.2. The molecule has 4 amide bonds. The standard InChI is InChI=1S/C42H42N4O8/c1-26-22-34(43-54-26)41(50)44-20-19-29(23-44)53-36-17-9-12-28-18-21-45(35(37(28)36)24-46-39(48)30-13-5-6-14-31(30)40(46)49)38(47)32-15-7-8-16-33(32)42(51)52-25-27-10-3-2-4-11-27/h2-6,9-14,17,22,29,32-33,35H,7-8,15-16,18-21,23-25H2,1H3/t29-,32+,33-,35+/m0/s1. The van der Waals surface area contributed by atoms with Crippen LogP contribution in [-0.2, 0) is 27.4 Å². The molecule has 0 unspecified atom stereocenters. The van der Waals surface area contributed by atoms with Crippen molar-refractivity contribution in [2.24, 2.45) is 11.8 Å². The maximum absolute atomic E-state index is 14.9. The summed E-state index contributed by atoms with van der Waals surface area (Å²) < 4.78 is 17.6. The highest BCUT2D eigenvalue weighted by Crippen LogP contribution is 2.42. The molecule has 4 heterocycles. The molecule has 12 heteroatoms. The Kier molecular flexibility index (Phi) is 9.74. The summed E-state index contributed by atoms with van der Waals surface area (Å²) in [5.41, 5.74) is 3.44. The van der Waals surface area contributed by atoms with Crippen LogP contribution in [0.1, 0.15) is 91.8 Å². The first-order valence-corrected chi connectivity index (χ1v) is 18.7. The van der Waals surface area contributed by atoms with E-state index in [0.717, 1.165) is 29.5 Å². The predicted molar refractivity (Wildman–Crippen MR) is 194 cm³/mol. The van der Waals surface area contributed by atoms with Gasteiger partial charge in [-0.3, -0.25) is 28.9 Å². The molecule has 0 N–H and O–H groups in total. The second-order valence-electron chi connectivity index (χ2n) is 14.6. The minimum Gasteiger partial charge on any atom is -0.488 e. The Morgan fingerprint density at radius 2 is 1.57 bits per heavy atom. The van der Waals surface area contributed by atoms with Crippen molar-refractivity contribution in [3.63, 3.8) is 0 Å². The van der Waals surface area contributed by atoms with E-state index in [1.165, 1.54) is 4.90 Å². The summed E-state index contributed by atoms with van der Waals surface area (Å²) in [5.74, 6) is -1.80. The average Bonchev–Trinajstić information content (AvgIpc) is 3.92. The summed E-state index contributed by atoms with van der Waals surface area (Å²) in [4.78, 5) is 73.8. The maximum Gasteiger partial charge on any atom is 0.310 e. The number of nitrogens with zero attached hydrogens (tertiary/aromatic N) is 4. The van der Waals surface area contributed by atoms with Gasteiger partial charge in [-0.05, 0) is 55.5 Å². The predicted octanol–water partition coefficient (Wildman–Crippen LogP) is 5.55. The normalized spacial score (nSPS) is 22.2. The van der Waals surface area contributed by atoms with Crippen LogP contribution in [0, 0.1) is 18.8 Å². The highest BCUT2D eigenvalue weighted by atomic mass is 16.5. The van der Waals surface area contributed by atoms with Gasteiger partial charge in [0.05, 0.1) is 42.1 Å². The molecule has 1 saturated heterocycles. The molecule has 2 fully saturated rings. The summed E-state index contributed by atoms with van der Waals surface area (Å²) in [6.07, 6.45) is 3.43. The molecular weight excluding hydrogens is 688 g/mol. The van der Waals surface area contributed by atoms with E-state index < -0.39 is 35.7 Å². The lowest BCUT2D eigenvalue weighted by Gasteiger charge is -2.42. The number of rotatable bonds is 9. The number of hydrogen-bond acceptors (Lipinski definition) is 9. The molecule has 54 heavy (non-hydrogen) atoms. The minimum absolute atomic E-state index is 0.0813. The van der Waals surface area contributed by atoms with Crippen molar-refractivity contribution in [3.8, 4) is 5.75 Å². The first-order valence-electron chi connectivity index (χ1n) is 18.7. The number of aromatic nitrogens is 1. The number of esters is 1. The van der Waals surface area contributed by atoms with Crippen LogP contribution >= 0.6 is 0 Å². The second-order valence-corrected chi connectivity index (χ2v) is 14.6. The SMILES string of the molecule is Cc1cc(C(=O)N2CC[C@H](Oc3cccc4c3[C@@H](CN3C(=O)c5ccccc5C3=O)N(C(=O)[C@@H]3CCCC[C@@H]3C(=O)OCc3ccccc3)CC4)C2)no1. The van der Waals surface area contributed by atoms with Crippen molar-refractivity contribution in [3.05, 3.63) is 118 Å². The smallest absolute Gasteiger partial charge is 0.310 e. The third-order valence-electron chi connectivity index (χ3n) is 11.2. The van der Waals surface area contributed by atoms with Crippen LogP contribution in [0.3, 0.4) is 0 Å². The quantitative estimate of drug-likeness (QED) is 0.160. The molecule has 4 atom stereocenters. The van der Waals surface area contributed by atoms with Crippen LogP contribution in [0.4, 0.5) is 0 Å². The molecule has 1 aromatic heterocycles. The number of hydrogen-bond donors (Lipinski definition) is 0. The van der Waals surface area contributed by atoms with E-state index in [1.54, 1.807) is 47.1 Å². The van der Waals surface area contributed by atoms with Crippen LogP contribution in [0.25, 0.3) is 0 Å². The largest absolute Gasteiger partial charge is 0.488 e. The van der Waals surface area contributed by atoms with E-state index in [-0.39, 0.29) is 36.8 Å². The molecule has 0 bridgehead atoms. The molecule has 278 valence electrons. The van der Waals surface area contributed by atoms with Crippen molar-refractivity contribution in [1.82, 2.24) is 19.9 Å². The fraction of sp³-hybridized carbons (Fsp3) is 0.381. The molecule has 4 aromatic rings. The Morgan fingerprint density at radius 3 is 2.30 bits per heavy atom. The van der Waals surface area contributed by atoms with E-state index in [0.29, 0.717) is 68.0 Å². The molecule has 0 radical (unpaired) electrons. The number of aryl methyl sites for hydroxylation is 1. The van der Waals surface area contributed by atoms with Crippen molar-refractivity contribution in [2.75, 3.05) is 26.2 Å². The van der Waals surface area contributed by atoms with Gasteiger partial charge in [0.2, 0.25) is 5.91 Å². The number of benzene rings is 3. The van der Waals surface area contributed by atoms with E-state index >= 15 is 0 Å². The molecular formula is C42H42N4O8. The summed E-state index contributed by atoms with van der Waals surface area (Å²) in [6.45, 7) is 2.92. The van der Waals surface area contributed by atoms with Gasteiger partial charge in [-0.2, -0.15) is 0 Å². The van der Waals surface area contributed by atoms with Gasteiger partial charge in [-0.15, -0.1) is 0 Å². The van der Waals surface area contributed by atoms with Crippen LogP contribution in [-0.4, -0.2) is 81.7 Å². The zero-order chi connectivity index (χ0) is 37.3. The first-order chi connectivity index (χ1) is 26.3. The topological polar surface area (TPSA) is 140 Å². The Bertz CT molecular complexity index is 2060. The summed E-state index contributed by atoms with van der Waals surface area (Å²) in [7, 11) is 0. The van der Waals surface area contributed by atoms with Gasteiger partial charge in [0.15, 0.2) is 5.69 Å². The summed E-state index contributed by atoms with van der Waals surface area (Å²) in [5, 5.41) is 3.88. The van der Waals surface area contributed by atoms with Crippen molar-refractivity contribution >= 4 is 29.6 Å². The van der Waals surface area contributed by atoms with Gasteiger partial charge in [0, 0.05) is 31.1 Å². The number of ether oxygens (including phenoxy) is 2. The number of carbonyl (C=O) groups is 5. The Hall–Kier alpha value is -5.78. The number of likely N-dealkylation sites (tertiary alicyclic amines) is 1. The molecule has 1 saturated carbocycles. The Balaban J connectivity index is 1.08. The Labute approximate surface area is 313 Å². The molecule has 12 nitrogen and oxygen atoms in total. The molecule has 1 aliphatic carbocycles. The van der Waals surface area contributed by atoms with Crippen molar-refractivity contribution in [2.45, 2.75) is 64.2 Å². The number of carbonyl (C=O) groups excluding carboxylic acids is 5. The number of imide groups is 1. The van der Waals surface area contributed by atoms with E-state index in [2.05, 4.69) is 5.16 Å². The maximum atomic E-state index is 14.9. The van der Waals surface area contributed by atoms with E-state index in [9.17, 15) is 24.0 Å². The monoisotopic (exact) mass is 730 g/mol. The van der Waals surface area contributed by atoms with Gasteiger partial charge < -0.3 is 23.8 Å². The number of amides is 4. The van der Waals surface area contributed by atoms with E-state index in [4.69, 9.17) is 14.0 Å². The summed E-state index contributed by atoms with van der Waals surface area (Å²) >= 11 is 0. The van der Waals surface area contributed by atoms with Crippen LogP contribution in [0.5, 0.6) is 5.75 Å². The van der Waals surface area contributed by atoms with Gasteiger partial charge >= 0.3 is 5.97 Å². The van der Waals surface area contributed by atoms with Crippen LogP contribution < -0.4 is 4.74 Å². The highest BCUT2D eigenvalue weighted by Gasteiger charge is 2.46. The molecule has 3 aliphatic heterocycles. The van der Waals surface area contributed by atoms with Crippen molar-refractivity contribution in [1.29, 1.82) is 0 Å². The average molecular weight is 731 g/mol. The Morgan fingerprint density at radius 1 is 0.852 bits per heavy atom. The zero-order valence-electron chi connectivity index (χ0n) is 30.1. The lowest BCUT2D eigenvalue weighted by atomic mass is 9.77. The van der Waals surface area contributed by atoms with Crippen LogP contribution in [0.15, 0.2) is 83.4 Å². The number of fused-ring (bicyclic) bond motifs is 2. The highest BCUT2D eigenvalue weighted by molar-refractivity contribution is 6.21. The van der Waals surface area contributed by atoms with Gasteiger partial charge in [-0.25, -0.2) is 0 Å². The molecule has 0 spiro atoms. The first kappa shape index (κ1) is 35.3. The van der Waals surface area contributed by atoms with Crippen LogP contribution in [0.2, 0.25) is 0 Å². The fourth-order valence-electron chi connectivity index (χ4n) is 8.45. The minimum atomic E-state index is -0.736. The van der Waals surface area contributed by atoms with Gasteiger partial charge in [0.25, 0.3) is 17.7 Å². The second kappa shape index (κ2) is 14.9. The van der Waals surface area contributed by atoms with Crippen molar-refractivity contribution < 1.29 is 38.0 Å². The molecule has 8 rings (SSSR count). The van der Waals surface area contributed by atoms with E-state index in [1.807, 2.05) is 48.5 Å². The lowest BCUT2D eigenvalue weighted by molar-refractivity contribution is -0.159.